The van der Waals surface area contributed by atoms with E-state index in [0.717, 1.165) is 23.3 Å². The van der Waals surface area contributed by atoms with E-state index in [0.29, 0.717) is 19.6 Å². The van der Waals surface area contributed by atoms with E-state index in [1.807, 2.05) is 32.9 Å². The zero-order valence-electron chi connectivity index (χ0n) is 13.7. The Labute approximate surface area is 140 Å². The Bertz CT molecular complexity index is 514. The number of nitrogens with one attached hydrogen (secondary N) is 1. The highest BCUT2D eigenvalue weighted by molar-refractivity contribution is 9.10. The van der Waals surface area contributed by atoms with Crippen LogP contribution in [0.15, 0.2) is 21.2 Å². The molecule has 1 aliphatic rings. The van der Waals surface area contributed by atoms with Gasteiger partial charge in [0.1, 0.15) is 11.4 Å². The first-order valence-corrected chi connectivity index (χ1v) is 8.43. The quantitative estimate of drug-likeness (QED) is 0.873. The van der Waals surface area contributed by atoms with Gasteiger partial charge >= 0.3 is 6.09 Å². The standard InChI is InChI=1S/C16H25BrN2O3/c1-15(2,3)22-14(20)19-9-7-16(4,8-10-19)18-11-12-5-6-13(17)21-12/h5-6,18H,7-11H2,1-4H3. The SMILES string of the molecule is CC1(NCc2ccc(Br)o2)CCN(C(=O)OC(C)(C)C)CC1. The molecular weight excluding hydrogens is 348 g/mol. The molecule has 1 aromatic heterocycles. The van der Waals surface area contributed by atoms with Crippen molar-refractivity contribution in [1.29, 1.82) is 0 Å². The zero-order valence-corrected chi connectivity index (χ0v) is 15.3. The van der Waals surface area contributed by atoms with Crippen LogP contribution in [0.3, 0.4) is 0 Å². The summed E-state index contributed by atoms with van der Waals surface area (Å²) in [5, 5.41) is 3.54. The Balaban J connectivity index is 1.81. The molecule has 0 radical (unpaired) electrons. The van der Waals surface area contributed by atoms with Crippen molar-refractivity contribution in [3.8, 4) is 0 Å². The molecule has 6 heteroatoms. The van der Waals surface area contributed by atoms with Crippen LogP contribution in [0.1, 0.15) is 46.3 Å². The summed E-state index contributed by atoms with van der Waals surface area (Å²) in [4.78, 5) is 13.9. The second kappa shape index (κ2) is 6.62. The number of piperidine rings is 1. The molecule has 0 atom stereocenters. The number of hydrogen-bond donors (Lipinski definition) is 1. The fourth-order valence-electron chi connectivity index (χ4n) is 2.43. The third kappa shape index (κ3) is 5.02. The second-order valence-electron chi connectivity index (χ2n) is 7.09. The van der Waals surface area contributed by atoms with Crippen molar-refractivity contribution in [3.63, 3.8) is 0 Å². The van der Waals surface area contributed by atoms with Gasteiger partial charge in [-0.25, -0.2) is 4.79 Å². The zero-order chi connectivity index (χ0) is 16.4. The third-order valence-corrected chi connectivity index (χ3v) is 4.26. The van der Waals surface area contributed by atoms with Crippen LogP contribution in [-0.2, 0) is 11.3 Å². The van der Waals surface area contributed by atoms with E-state index in [-0.39, 0.29) is 11.6 Å². The molecule has 0 aliphatic carbocycles. The molecule has 0 aromatic carbocycles. The lowest BCUT2D eigenvalue weighted by molar-refractivity contribution is 0.0155. The van der Waals surface area contributed by atoms with Crippen LogP contribution in [0.4, 0.5) is 4.79 Å². The predicted octanol–water partition coefficient (Wildman–Crippen LogP) is 3.92. The van der Waals surface area contributed by atoms with Crippen molar-refractivity contribution in [2.45, 2.75) is 58.2 Å². The summed E-state index contributed by atoms with van der Waals surface area (Å²) in [6.07, 6.45) is 1.58. The van der Waals surface area contributed by atoms with Crippen molar-refractivity contribution < 1.29 is 13.9 Å². The van der Waals surface area contributed by atoms with E-state index in [4.69, 9.17) is 9.15 Å². The van der Waals surface area contributed by atoms with Gasteiger partial charge in [0.15, 0.2) is 4.67 Å². The maximum Gasteiger partial charge on any atom is 0.410 e. The molecule has 0 spiro atoms. The maximum atomic E-state index is 12.1. The average molecular weight is 373 g/mol. The number of halogens is 1. The molecule has 2 heterocycles. The summed E-state index contributed by atoms with van der Waals surface area (Å²) in [7, 11) is 0. The highest BCUT2D eigenvalue weighted by Crippen LogP contribution is 2.24. The summed E-state index contributed by atoms with van der Waals surface area (Å²) in [6, 6.07) is 3.85. The molecule has 0 unspecified atom stereocenters. The molecule has 1 fully saturated rings. The Kier molecular flexibility index (Phi) is 5.22. The number of carbonyl (C=O) groups is 1. The van der Waals surface area contributed by atoms with Gasteiger partial charge in [0, 0.05) is 18.6 Å². The maximum absolute atomic E-state index is 12.1. The van der Waals surface area contributed by atoms with E-state index < -0.39 is 5.60 Å². The van der Waals surface area contributed by atoms with Gasteiger partial charge in [-0.15, -0.1) is 0 Å². The largest absolute Gasteiger partial charge is 0.453 e. The van der Waals surface area contributed by atoms with Crippen LogP contribution in [0.5, 0.6) is 0 Å². The Hall–Kier alpha value is -1.01. The highest BCUT2D eigenvalue weighted by atomic mass is 79.9. The number of furan rings is 1. The Morgan fingerprint density at radius 2 is 2.05 bits per heavy atom. The number of likely N-dealkylation sites (tertiary alicyclic amines) is 1. The van der Waals surface area contributed by atoms with Gasteiger partial charge in [-0.3, -0.25) is 0 Å². The number of ether oxygens (including phenoxy) is 1. The number of nitrogens with zero attached hydrogens (tertiary/aromatic N) is 1. The molecule has 124 valence electrons. The molecule has 1 aromatic rings. The van der Waals surface area contributed by atoms with E-state index in [9.17, 15) is 4.79 Å². The molecule has 5 nitrogen and oxygen atoms in total. The minimum absolute atomic E-state index is 0.0117. The van der Waals surface area contributed by atoms with Crippen LogP contribution in [0.2, 0.25) is 0 Å². The van der Waals surface area contributed by atoms with Gasteiger partial charge in [-0.05, 0) is 68.6 Å². The van der Waals surface area contributed by atoms with Crippen molar-refractivity contribution >= 4 is 22.0 Å². The lowest BCUT2D eigenvalue weighted by Crippen LogP contribution is -2.53. The molecule has 0 saturated carbocycles. The molecule has 1 saturated heterocycles. The Morgan fingerprint density at radius 3 is 2.55 bits per heavy atom. The topological polar surface area (TPSA) is 54.7 Å². The number of amides is 1. The van der Waals surface area contributed by atoms with E-state index >= 15 is 0 Å². The fourth-order valence-corrected chi connectivity index (χ4v) is 2.77. The van der Waals surface area contributed by atoms with Crippen LogP contribution in [0.25, 0.3) is 0 Å². The van der Waals surface area contributed by atoms with Crippen LogP contribution in [0, 0.1) is 0 Å². The summed E-state index contributed by atoms with van der Waals surface area (Å²) in [6.45, 7) is 9.97. The lowest BCUT2D eigenvalue weighted by Gasteiger charge is -2.40. The highest BCUT2D eigenvalue weighted by Gasteiger charge is 2.33. The van der Waals surface area contributed by atoms with Crippen LogP contribution in [-0.4, -0.2) is 35.2 Å². The monoisotopic (exact) mass is 372 g/mol. The lowest BCUT2D eigenvalue weighted by atomic mass is 9.89. The minimum atomic E-state index is -0.442. The smallest absolute Gasteiger partial charge is 0.410 e. The first-order valence-electron chi connectivity index (χ1n) is 7.64. The van der Waals surface area contributed by atoms with Gasteiger partial charge in [0.2, 0.25) is 0 Å². The predicted molar refractivity (Wildman–Crippen MR) is 88.7 cm³/mol. The summed E-state index contributed by atoms with van der Waals surface area (Å²) >= 11 is 3.31. The fraction of sp³-hybridized carbons (Fsp3) is 0.688. The average Bonchev–Trinajstić information content (AvgIpc) is 2.81. The molecule has 0 bridgehead atoms. The molecule has 2 rings (SSSR count). The second-order valence-corrected chi connectivity index (χ2v) is 7.87. The summed E-state index contributed by atoms with van der Waals surface area (Å²) < 4.78 is 11.7. The van der Waals surface area contributed by atoms with E-state index in [1.54, 1.807) is 4.90 Å². The summed E-state index contributed by atoms with van der Waals surface area (Å²) in [5.74, 6) is 0.905. The van der Waals surface area contributed by atoms with Crippen molar-refractivity contribution in [3.05, 3.63) is 22.6 Å². The third-order valence-electron chi connectivity index (χ3n) is 3.84. The van der Waals surface area contributed by atoms with Gasteiger partial charge in [0.05, 0.1) is 6.54 Å². The van der Waals surface area contributed by atoms with E-state index in [1.165, 1.54) is 0 Å². The molecule has 22 heavy (non-hydrogen) atoms. The normalized spacial score (nSPS) is 18.3. The van der Waals surface area contributed by atoms with Crippen molar-refractivity contribution in [2.24, 2.45) is 0 Å². The van der Waals surface area contributed by atoms with Crippen molar-refractivity contribution in [2.75, 3.05) is 13.1 Å². The van der Waals surface area contributed by atoms with Crippen molar-refractivity contribution in [1.82, 2.24) is 10.2 Å². The summed E-state index contributed by atoms with van der Waals surface area (Å²) in [5.41, 5.74) is -0.430. The van der Waals surface area contributed by atoms with Gasteiger partial charge < -0.3 is 19.4 Å². The molecule has 1 aliphatic heterocycles. The first-order chi connectivity index (χ1) is 10.2. The minimum Gasteiger partial charge on any atom is -0.453 e. The van der Waals surface area contributed by atoms with Gasteiger partial charge in [-0.1, -0.05) is 0 Å². The van der Waals surface area contributed by atoms with Gasteiger partial charge in [-0.2, -0.15) is 0 Å². The van der Waals surface area contributed by atoms with Crippen LogP contribution >= 0.6 is 15.9 Å². The molecular formula is C16H25BrN2O3. The first kappa shape index (κ1) is 17.3. The van der Waals surface area contributed by atoms with E-state index in [2.05, 4.69) is 28.2 Å². The number of carbonyl (C=O) groups excluding carboxylic acids is 1. The molecule has 1 amide bonds. The molecule has 1 N–H and O–H groups in total. The number of hydrogen-bond acceptors (Lipinski definition) is 4. The number of rotatable bonds is 3. The van der Waals surface area contributed by atoms with Crippen LogP contribution < -0.4 is 5.32 Å². The van der Waals surface area contributed by atoms with Gasteiger partial charge in [0.25, 0.3) is 0 Å². The Morgan fingerprint density at radius 1 is 1.41 bits per heavy atom.